The Kier molecular flexibility index (Phi) is 3.99. The molecule has 0 N–H and O–H groups in total. The van der Waals surface area contributed by atoms with E-state index >= 15 is 0 Å². The summed E-state index contributed by atoms with van der Waals surface area (Å²) in [6, 6.07) is 8.53. The number of benzene rings is 2. The van der Waals surface area contributed by atoms with E-state index in [1.54, 1.807) is 12.1 Å². The van der Waals surface area contributed by atoms with Gasteiger partial charge in [0, 0.05) is 18.0 Å². The van der Waals surface area contributed by atoms with Gasteiger partial charge in [-0.25, -0.2) is 4.39 Å². The number of nitro groups is 1. The summed E-state index contributed by atoms with van der Waals surface area (Å²) < 4.78 is 21.9. The van der Waals surface area contributed by atoms with Crippen LogP contribution < -0.4 is 4.74 Å². The van der Waals surface area contributed by atoms with Crippen LogP contribution in [0.3, 0.4) is 0 Å². The van der Waals surface area contributed by atoms with Crippen LogP contribution >= 0.6 is 15.9 Å². The van der Waals surface area contributed by atoms with Crippen molar-refractivity contribution >= 4 is 32.5 Å². The highest BCUT2D eigenvalue weighted by Crippen LogP contribution is 2.32. The first kappa shape index (κ1) is 15.4. The van der Waals surface area contributed by atoms with Crippen LogP contribution in [0.1, 0.15) is 6.92 Å². The van der Waals surface area contributed by atoms with Gasteiger partial charge < -0.3 is 4.74 Å². The van der Waals surface area contributed by atoms with E-state index in [1.165, 1.54) is 12.1 Å². The Hall–Kier alpha value is -2.48. The molecule has 0 aliphatic rings. The summed E-state index contributed by atoms with van der Waals surface area (Å²) in [5, 5.41) is 15.8. The quantitative estimate of drug-likeness (QED) is 0.488. The maximum Gasteiger partial charge on any atom is 0.272 e. The lowest BCUT2D eigenvalue weighted by molar-refractivity contribution is -0.385. The summed E-state index contributed by atoms with van der Waals surface area (Å²) in [7, 11) is 0. The second-order valence-corrected chi connectivity index (χ2v) is 5.51. The number of hydrogen-bond donors (Lipinski definition) is 0. The fourth-order valence-corrected chi connectivity index (χ4v) is 2.75. The Morgan fingerprint density at radius 3 is 2.78 bits per heavy atom. The summed E-state index contributed by atoms with van der Waals surface area (Å²) in [4.78, 5) is 9.96. The Balaban J connectivity index is 1.95. The molecule has 0 spiro atoms. The third-order valence-electron chi connectivity index (χ3n) is 3.33. The molecular weight excluding hydrogens is 369 g/mol. The second kappa shape index (κ2) is 5.96. The van der Waals surface area contributed by atoms with Crippen molar-refractivity contribution in [2.24, 2.45) is 0 Å². The monoisotopic (exact) mass is 379 g/mol. The predicted molar refractivity (Wildman–Crippen MR) is 86.2 cm³/mol. The summed E-state index contributed by atoms with van der Waals surface area (Å²) in [5.41, 5.74) is 0.605. The van der Waals surface area contributed by atoms with Gasteiger partial charge in [0.25, 0.3) is 5.69 Å². The summed E-state index contributed by atoms with van der Waals surface area (Å²) in [6.07, 6.45) is 0. The van der Waals surface area contributed by atoms with Gasteiger partial charge in [0.1, 0.15) is 10.4 Å². The lowest BCUT2D eigenvalue weighted by Gasteiger charge is -2.07. The lowest BCUT2D eigenvalue weighted by atomic mass is 10.2. The number of fused-ring (bicyclic) bond motifs is 1. The van der Waals surface area contributed by atoms with Gasteiger partial charge in [0.2, 0.25) is 0 Å². The number of aromatic nitrogens is 2. The number of rotatable bonds is 4. The van der Waals surface area contributed by atoms with Crippen molar-refractivity contribution in [3.8, 4) is 11.5 Å². The number of nitrogens with zero attached hydrogens (tertiary/aromatic N) is 3. The Bertz CT molecular complexity index is 910. The molecule has 0 saturated heterocycles. The van der Waals surface area contributed by atoms with Gasteiger partial charge in [-0.3, -0.25) is 14.8 Å². The molecule has 0 radical (unpaired) electrons. The van der Waals surface area contributed by atoms with Crippen molar-refractivity contribution in [2.45, 2.75) is 13.5 Å². The largest absolute Gasteiger partial charge is 0.454 e. The van der Waals surface area contributed by atoms with E-state index in [0.717, 1.165) is 23.5 Å². The van der Waals surface area contributed by atoms with Gasteiger partial charge in [0.15, 0.2) is 11.6 Å². The van der Waals surface area contributed by atoms with Crippen molar-refractivity contribution in [3.05, 3.63) is 56.9 Å². The van der Waals surface area contributed by atoms with E-state index in [0.29, 0.717) is 10.4 Å². The zero-order chi connectivity index (χ0) is 16.6. The first-order valence-electron chi connectivity index (χ1n) is 6.77. The zero-order valence-electron chi connectivity index (χ0n) is 12.0. The molecule has 6 nitrogen and oxygen atoms in total. The summed E-state index contributed by atoms with van der Waals surface area (Å²) in [6.45, 7) is 2.70. The van der Waals surface area contributed by atoms with E-state index in [2.05, 4.69) is 21.0 Å². The molecule has 8 heteroatoms. The van der Waals surface area contributed by atoms with Crippen LogP contribution in [-0.4, -0.2) is 14.7 Å². The Morgan fingerprint density at radius 2 is 2.13 bits per heavy atom. The third kappa shape index (κ3) is 2.89. The number of halogens is 2. The molecule has 0 saturated carbocycles. The fraction of sp³-hybridized carbons (Fsp3) is 0.133. The normalized spacial score (nSPS) is 10.9. The molecule has 118 valence electrons. The van der Waals surface area contributed by atoms with Crippen LogP contribution in [-0.2, 0) is 6.54 Å². The van der Waals surface area contributed by atoms with E-state index in [9.17, 15) is 14.5 Å². The van der Waals surface area contributed by atoms with E-state index in [4.69, 9.17) is 4.74 Å². The maximum absolute atomic E-state index is 13.9. The van der Waals surface area contributed by atoms with E-state index < -0.39 is 10.7 Å². The lowest BCUT2D eigenvalue weighted by Crippen LogP contribution is -1.95. The molecule has 0 atom stereocenters. The highest BCUT2D eigenvalue weighted by molar-refractivity contribution is 9.10. The molecule has 3 rings (SSSR count). The summed E-state index contributed by atoms with van der Waals surface area (Å²) in [5.74, 6) is -0.446. The first-order chi connectivity index (χ1) is 11.0. The van der Waals surface area contributed by atoms with Crippen molar-refractivity contribution in [2.75, 3.05) is 0 Å². The molecule has 0 fully saturated rings. The van der Waals surface area contributed by atoms with E-state index in [1.807, 2.05) is 17.7 Å². The molecule has 1 aromatic heterocycles. The molecule has 0 aliphatic carbocycles. The Labute approximate surface area is 138 Å². The van der Waals surface area contributed by atoms with Crippen LogP contribution in [0.5, 0.6) is 11.5 Å². The van der Waals surface area contributed by atoms with Gasteiger partial charge in [-0.05, 0) is 47.1 Å². The van der Waals surface area contributed by atoms with Gasteiger partial charge in [-0.1, -0.05) is 0 Å². The predicted octanol–water partition coefficient (Wildman–Crippen LogP) is 4.66. The topological polar surface area (TPSA) is 70.2 Å². The SMILES string of the molecule is CCn1nc(Br)c2cc(Oc3ccc([N+](=O)[O-])cc3F)ccc21. The van der Waals surface area contributed by atoms with Gasteiger partial charge in [-0.15, -0.1) is 0 Å². The molecule has 3 aromatic rings. The number of hydrogen-bond acceptors (Lipinski definition) is 4. The number of nitro benzene ring substituents is 1. The maximum atomic E-state index is 13.9. The van der Waals surface area contributed by atoms with Crippen molar-refractivity contribution in [1.29, 1.82) is 0 Å². The van der Waals surface area contributed by atoms with Crippen molar-refractivity contribution < 1.29 is 14.1 Å². The fourth-order valence-electron chi connectivity index (χ4n) is 2.24. The number of non-ortho nitro benzene ring substituents is 1. The van der Waals surface area contributed by atoms with Crippen LogP contribution in [0.25, 0.3) is 10.9 Å². The molecule has 0 bridgehead atoms. The van der Waals surface area contributed by atoms with Crippen LogP contribution in [0, 0.1) is 15.9 Å². The van der Waals surface area contributed by atoms with Crippen LogP contribution in [0.15, 0.2) is 41.0 Å². The number of aryl methyl sites for hydroxylation is 1. The first-order valence-corrected chi connectivity index (χ1v) is 7.56. The van der Waals surface area contributed by atoms with Crippen LogP contribution in [0.2, 0.25) is 0 Å². The van der Waals surface area contributed by atoms with Crippen molar-refractivity contribution in [1.82, 2.24) is 9.78 Å². The highest BCUT2D eigenvalue weighted by Gasteiger charge is 2.14. The minimum Gasteiger partial charge on any atom is -0.454 e. The standard InChI is InChI=1S/C15H11BrFN3O3/c1-2-19-13-5-4-10(8-11(13)15(16)18-19)23-14-6-3-9(20(21)22)7-12(14)17/h3-8H,2H2,1H3. The third-order valence-corrected chi connectivity index (χ3v) is 3.92. The molecule has 0 amide bonds. The molecule has 2 aromatic carbocycles. The molecule has 0 unspecified atom stereocenters. The van der Waals surface area contributed by atoms with Crippen molar-refractivity contribution in [3.63, 3.8) is 0 Å². The second-order valence-electron chi connectivity index (χ2n) is 4.76. The molecule has 1 heterocycles. The number of ether oxygens (including phenoxy) is 1. The Morgan fingerprint density at radius 1 is 1.35 bits per heavy atom. The highest BCUT2D eigenvalue weighted by atomic mass is 79.9. The minimum atomic E-state index is -0.789. The molecule has 23 heavy (non-hydrogen) atoms. The smallest absolute Gasteiger partial charge is 0.272 e. The average Bonchev–Trinajstić information content (AvgIpc) is 2.85. The zero-order valence-corrected chi connectivity index (χ0v) is 13.6. The van der Waals surface area contributed by atoms with E-state index in [-0.39, 0.29) is 11.4 Å². The minimum absolute atomic E-state index is 0.0750. The van der Waals surface area contributed by atoms with Crippen LogP contribution in [0.4, 0.5) is 10.1 Å². The average molecular weight is 380 g/mol. The summed E-state index contributed by atoms with van der Waals surface area (Å²) >= 11 is 3.38. The molecular formula is C15H11BrFN3O3. The van der Waals surface area contributed by atoms with Gasteiger partial charge in [0.05, 0.1) is 16.5 Å². The van der Waals surface area contributed by atoms with Gasteiger partial charge >= 0.3 is 0 Å². The van der Waals surface area contributed by atoms with Gasteiger partial charge in [-0.2, -0.15) is 5.10 Å². The molecule has 0 aliphatic heterocycles.